The summed E-state index contributed by atoms with van der Waals surface area (Å²) < 4.78 is 24.8. The van der Waals surface area contributed by atoms with Crippen molar-refractivity contribution in [2.24, 2.45) is 5.92 Å². The number of carbonyl (C=O) groups is 1. The maximum Gasteiger partial charge on any atom is 0.356 e. The fraction of sp³-hybridized carbons (Fsp3) is 0.167. The molecule has 200 valence electrons. The second kappa shape index (κ2) is 10.8. The van der Waals surface area contributed by atoms with Gasteiger partial charge in [-0.3, -0.25) is 9.36 Å². The van der Waals surface area contributed by atoms with Crippen molar-refractivity contribution in [2.45, 2.75) is 25.0 Å². The topological polar surface area (TPSA) is 118 Å². The van der Waals surface area contributed by atoms with Crippen molar-refractivity contribution in [2.75, 3.05) is 4.90 Å². The summed E-state index contributed by atoms with van der Waals surface area (Å²) in [6.07, 6.45) is -0.161. The minimum absolute atomic E-state index is 0.0334. The lowest BCUT2D eigenvalue weighted by Gasteiger charge is -2.48. The molecule has 1 heterocycles. The molecule has 3 atom stereocenters. The number of β-lactam (4-membered cyclic amide) rings is 1. The van der Waals surface area contributed by atoms with Gasteiger partial charge < -0.3 is 24.9 Å². The third-order valence-corrected chi connectivity index (χ3v) is 8.10. The first-order chi connectivity index (χ1) is 18.6. The van der Waals surface area contributed by atoms with Crippen LogP contribution in [-0.4, -0.2) is 25.9 Å². The standard InChI is InChI=1S/C30H27FNO6P/c31-22-11-6-20(7-12-22)27(33)17-16-26-29(32(30(26)35)23-4-2-1-3-5-23)21-10-15-25(28(34)18-21)19-8-13-24(14-9-19)39(36,37)38/h1-15,18,26-27,29,33-34H,16-17H2,(H2,36,37,38)/t26-,27+,29-/m1/s1. The van der Waals surface area contributed by atoms with Crippen molar-refractivity contribution in [1.29, 1.82) is 0 Å². The lowest BCUT2D eigenvalue weighted by molar-refractivity contribution is -0.131. The molecule has 1 aliphatic heterocycles. The first-order valence-corrected chi connectivity index (χ1v) is 14.1. The van der Waals surface area contributed by atoms with Gasteiger partial charge in [-0.2, -0.15) is 0 Å². The average Bonchev–Trinajstić information content (AvgIpc) is 2.92. The number of nitrogens with zero attached hydrogens (tertiary/aromatic N) is 1. The highest BCUT2D eigenvalue weighted by Gasteiger charge is 2.48. The number of benzene rings is 4. The molecule has 1 aliphatic rings. The normalized spacial score (nSPS) is 18.1. The van der Waals surface area contributed by atoms with Crippen molar-refractivity contribution in [3.63, 3.8) is 0 Å². The number of rotatable bonds is 8. The number of amides is 1. The summed E-state index contributed by atoms with van der Waals surface area (Å²) in [5.41, 5.74) is 3.08. The summed E-state index contributed by atoms with van der Waals surface area (Å²) in [6, 6.07) is 25.3. The number of aliphatic hydroxyl groups excluding tert-OH is 1. The molecule has 0 spiro atoms. The van der Waals surface area contributed by atoms with Gasteiger partial charge in [0.1, 0.15) is 11.6 Å². The van der Waals surface area contributed by atoms with Gasteiger partial charge in [-0.1, -0.05) is 54.6 Å². The number of phenols is 1. The zero-order valence-corrected chi connectivity index (χ0v) is 21.7. The predicted octanol–water partition coefficient (Wildman–Crippen LogP) is 5.22. The van der Waals surface area contributed by atoms with Crippen LogP contribution < -0.4 is 10.2 Å². The van der Waals surface area contributed by atoms with E-state index in [2.05, 4.69) is 0 Å². The van der Waals surface area contributed by atoms with Crippen LogP contribution in [0, 0.1) is 11.7 Å². The number of para-hydroxylation sites is 1. The Labute approximate surface area is 225 Å². The maximum atomic E-state index is 13.3. The molecule has 0 saturated carbocycles. The van der Waals surface area contributed by atoms with E-state index in [9.17, 15) is 33.7 Å². The second-order valence-electron chi connectivity index (χ2n) is 9.61. The number of anilines is 1. The smallest absolute Gasteiger partial charge is 0.356 e. The molecule has 4 aromatic rings. The summed E-state index contributed by atoms with van der Waals surface area (Å²) >= 11 is 0. The summed E-state index contributed by atoms with van der Waals surface area (Å²) in [5, 5.41) is 21.4. The van der Waals surface area contributed by atoms with E-state index in [0.29, 0.717) is 35.1 Å². The van der Waals surface area contributed by atoms with Crippen LogP contribution in [0.25, 0.3) is 11.1 Å². The minimum Gasteiger partial charge on any atom is -0.507 e. The van der Waals surface area contributed by atoms with Crippen molar-refractivity contribution in [3.8, 4) is 16.9 Å². The first-order valence-electron chi connectivity index (χ1n) is 12.4. The van der Waals surface area contributed by atoms with E-state index in [0.717, 1.165) is 5.69 Å². The molecule has 0 bridgehead atoms. The molecule has 0 unspecified atom stereocenters. The Morgan fingerprint density at radius 3 is 2.18 bits per heavy atom. The lowest BCUT2D eigenvalue weighted by Crippen LogP contribution is -2.55. The molecule has 4 N–H and O–H groups in total. The van der Waals surface area contributed by atoms with Crippen LogP contribution in [0.1, 0.15) is 36.1 Å². The molecule has 1 saturated heterocycles. The zero-order chi connectivity index (χ0) is 27.7. The molecule has 7 nitrogen and oxygen atoms in total. The molecular weight excluding hydrogens is 520 g/mol. The molecule has 5 rings (SSSR count). The average molecular weight is 548 g/mol. The number of hydrogen-bond acceptors (Lipinski definition) is 4. The fourth-order valence-corrected chi connectivity index (χ4v) is 5.63. The van der Waals surface area contributed by atoms with Gasteiger partial charge >= 0.3 is 7.60 Å². The highest BCUT2D eigenvalue weighted by atomic mass is 31.2. The Hall–Kier alpha value is -3.81. The van der Waals surface area contributed by atoms with Gasteiger partial charge in [-0.25, -0.2) is 4.39 Å². The Balaban J connectivity index is 1.41. The minimum atomic E-state index is -4.38. The molecule has 4 aromatic carbocycles. The third-order valence-electron chi connectivity index (χ3n) is 7.13. The SMILES string of the molecule is O=C1[C@H](CC[C@H](O)c2ccc(F)cc2)[C@@H](c2ccc(-c3ccc(P(=O)(O)O)cc3)c(O)c2)N1c1ccccc1. The van der Waals surface area contributed by atoms with Crippen LogP contribution in [-0.2, 0) is 9.36 Å². The number of aliphatic hydroxyl groups is 1. The van der Waals surface area contributed by atoms with E-state index in [-0.39, 0.29) is 28.8 Å². The number of aromatic hydroxyl groups is 1. The van der Waals surface area contributed by atoms with Crippen LogP contribution in [0.4, 0.5) is 10.1 Å². The van der Waals surface area contributed by atoms with Gasteiger partial charge in [0.05, 0.1) is 23.4 Å². The summed E-state index contributed by atoms with van der Waals surface area (Å²) in [7, 11) is -4.38. The Bertz CT molecular complexity index is 1520. The summed E-state index contributed by atoms with van der Waals surface area (Å²) in [4.78, 5) is 33.7. The number of hydrogen-bond donors (Lipinski definition) is 4. The van der Waals surface area contributed by atoms with Gasteiger partial charge in [-0.15, -0.1) is 0 Å². The van der Waals surface area contributed by atoms with Gasteiger partial charge in [0.25, 0.3) is 0 Å². The third kappa shape index (κ3) is 5.51. The second-order valence-corrected chi connectivity index (χ2v) is 11.2. The van der Waals surface area contributed by atoms with Crippen LogP contribution >= 0.6 is 7.60 Å². The van der Waals surface area contributed by atoms with E-state index in [4.69, 9.17) is 0 Å². The van der Waals surface area contributed by atoms with E-state index in [1.807, 2.05) is 36.4 Å². The maximum absolute atomic E-state index is 13.3. The van der Waals surface area contributed by atoms with Gasteiger partial charge in [0.2, 0.25) is 5.91 Å². The van der Waals surface area contributed by atoms with E-state index in [1.165, 1.54) is 48.5 Å². The molecule has 0 aliphatic carbocycles. The highest BCUT2D eigenvalue weighted by molar-refractivity contribution is 7.60. The quantitative estimate of drug-likeness (QED) is 0.178. The van der Waals surface area contributed by atoms with Crippen molar-refractivity contribution >= 4 is 24.5 Å². The number of halogens is 1. The number of phenolic OH excluding ortho intramolecular Hbond substituents is 1. The first kappa shape index (κ1) is 26.8. The van der Waals surface area contributed by atoms with Gasteiger partial charge in [0.15, 0.2) is 0 Å². The van der Waals surface area contributed by atoms with E-state index in [1.54, 1.807) is 17.0 Å². The predicted molar refractivity (Wildman–Crippen MR) is 146 cm³/mol. The molecule has 1 amide bonds. The van der Waals surface area contributed by atoms with E-state index >= 15 is 0 Å². The number of carbonyl (C=O) groups excluding carboxylic acids is 1. The van der Waals surface area contributed by atoms with Crippen LogP contribution in [0.5, 0.6) is 5.75 Å². The lowest BCUT2D eigenvalue weighted by atomic mass is 9.78. The monoisotopic (exact) mass is 547 g/mol. The fourth-order valence-electron chi connectivity index (χ4n) is 5.09. The van der Waals surface area contributed by atoms with Crippen LogP contribution in [0.15, 0.2) is 97.1 Å². The Kier molecular flexibility index (Phi) is 7.38. The van der Waals surface area contributed by atoms with Crippen molar-refractivity contribution in [3.05, 3.63) is 114 Å². The summed E-state index contributed by atoms with van der Waals surface area (Å²) in [6.45, 7) is 0. The molecule has 1 fully saturated rings. The van der Waals surface area contributed by atoms with Crippen molar-refractivity contribution in [1.82, 2.24) is 0 Å². The van der Waals surface area contributed by atoms with Crippen LogP contribution in [0.3, 0.4) is 0 Å². The molecule has 9 heteroatoms. The largest absolute Gasteiger partial charge is 0.507 e. The van der Waals surface area contributed by atoms with Gasteiger partial charge in [-0.05, 0) is 72.0 Å². The van der Waals surface area contributed by atoms with Gasteiger partial charge in [0, 0.05) is 11.3 Å². The Morgan fingerprint density at radius 1 is 0.897 bits per heavy atom. The molecule has 0 aromatic heterocycles. The summed E-state index contributed by atoms with van der Waals surface area (Å²) in [5.74, 6) is -0.948. The van der Waals surface area contributed by atoms with Crippen molar-refractivity contribution < 1.29 is 33.7 Å². The highest BCUT2D eigenvalue weighted by Crippen LogP contribution is 2.47. The van der Waals surface area contributed by atoms with Crippen LogP contribution in [0.2, 0.25) is 0 Å². The van der Waals surface area contributed by atoms with E-state index < -0.39 is 19.6 Å². The Morgan fingerprint density at radius 2 is 1.56 bits per heavy atom. The molecule has 39 heavy (non-hydrogen) atoms. The molecular formula is C30H27FNO6P. The zero-order valence-electron chi connectivity index (χ0n) is 20.8. The molecule has 0 radical (unpaired) electrons.